The third-order valence-corrected chi connectivity index (χ3v) is 5.25. The Morgan fingerprint density at radius 2 is 1.37 bits per heavy atom. The van der Waals surface area contributed by atoms with Gasteiger partial charge in [0.1, 0.15) is 11.7 Å². The number of phosphoric ester groups is 1. The standard InChI is InChI=1S/C19H25O7P/c1-19(22,15-20)18(21)14-26-27(23,24-12-16-8-4-2-5-9-16)25-13-17-10-6-3-7-11-17/h2-11,18,20-22H,12-15H2,1H3/t18-,19+/m1/s1. The highest BCUT2D eigenvalue weighted by atomic mass is 31.2. The van der Waals surface area contributed by atoms with Gasteiger partial charge in [-0.3, -0.25) is 13.6 Å². The lowest BCUT2D eigenvalue weighted by Gasteiger charge is -2.27. The topological polar surface area (TPSA) is 105 Å². The summed E-state index contributed by atoms with van der Waals surface area (Å²) in [6.07, 6.45) is -1.48. The lowest BCUT2D eigenvalue weighted by atomic mass is 10.0. The van der Waals surface area contributed by atoms with E-state index in [0.717, 1.165) is 11.1 Å². The molecule has 0 aliphatic heterocycles. The molecule has 0 bridgehead atoms. The Morgan fingerprint density at radius 1 is 0.926 bits per heavy atom. The van der Waals surface area contributed by atoms with Gasteiger partial charge in [0.25, 0.3) is 0 Å². The maximum absolute atomic E-state index is 13.0. The minimum Gasteiger partial charge on any atom is -0.393 e. The van der Waals surface area contributed by atoms with E-state index < -0.39 is 32.7 Å². The molecule has 8 heteroatoms. The van der Waals surface area contributed by atoms with Crippen LogP contribution in [-0.2, 0) is 31.4 Å². The molecule has 0 spiro atoms. The van der Waals surface area contributed by atoms with Gasteiger partial charge in [0.05, 0.1) is 26.4 Å². The molecule has 2 aromatic carbocycles. The van der Waals surface area contributed by atoms with Crippen LogP contribution in [0.5, 0.6) is 0 Å². The van der Waals surface area contributed by atoms with Crippen molar-refractivity contribution in [3.63, 3.8) is 0 Å². The molecule has 3 N–H and O–H groups in total. The summed E-state index contributed by atoms with van der Waals surface area (Å²) in [6, 6.07) is 18.2. The van der Waals surface area contributed by atoms with Gasteiger partial charge >= 0.3 is 7.82 Å². The highest BCUT2D eigenvalue weighted by Crippen LogP contribution is 2.51. The minimum atomic E-state index is -4.04. The fourth-order valence-electron chi connectivity index (χ4n) is 2.01. The largest absolute Gasteiger partial charge is 0.475 e. The van der Waals surface area contributed by atoms with Crippen molar-refractivity contribution in [3.8, 4) is 0 Å². The number of rotatable bonds is 11. The van der Waals surface area contributed by atoms with Gasteiger partial charge in [0.2, 0.25) is 0 Å². The van der Waals surface area contributed by atoms with E-state index in [2.05, 4.69) is 0 Å². The van der Waals surface area contributed by atoms with Crippen molar-refractivity contribution in [2.24, 2.45) is 0 Å². The molecule has 7 nitrogen and oxygen atoms in total. The molecule has 0 fully saturated rings. The highest BCUT2D eigenvalue weighted by molar-refractivity contribution is 7.48. The molecule has 2 aromatic rings. The number of benzene rings is 2. The van der Waals surface area contributed by atoms with Gasteiger partial charge in [0.15, 0.2) is 0 Å². The van der Waals surface area contributed by atoms with Gasteiger partial charge in [0, 0.05) is 0 Å². The Hall–Kier alpha value is -1.57. The second-order valence-corrected chi connectivity index (χ2v) is 7.96. The average molecular weight is 396 g/mol. The van der Waals surface area contributed by atoms with Crippen LogP contribution >= 0.6 is 7.82 Å². The molecule has 148 valence electrons. The molecule has 0 aliphatic rings. The summed E-state index contributed by atoms with van der Waals surface area (Å²) in [5.74, 6) is 0. The van der Waals surface area contributed by atoms with Crippen LogP contribution in [0, 0.1) is 0 Å². The Morgan fingerprint density at radius 3 is 1.78 bits per heavy atom. The van der Waals surface area contributed by atoms with Gasteiger partial charge in [-0.05, 0) is 18.1 Å². The first kappa shape index (κ1) is 21.7. The quantitative estimate of drug-likeness (QED) is 0.502. The van der Waals surface area contributed by atoms with Crippen LogP contribution in [0.3, 0.4) is 0 Å². The molecule has 0 aromatic heterocycles. The van der Waals surface area contributed by atoms with Gasteiger partial charge < -0.3 is 15.3 Å². The van der Waals surface area contributed by atoms with Gasteiger partial charge in [-0.15, -0.1) is 0 Å². The fraction of sp³-hybridized carbons (Fsp3) is 0.368. The maximum Gasteiger partial charge on any atom is 0.475 e. The minimum absolute atomic E-state index is 0.0145. The van der Waals surface area contributed by atoms with E-state index in [1.54, 1.807) is 24.3 Å². The molecule has 0 radical (unpaired) electrons. The van der Waals surface area contributed by atoms with Crippen molar-refractivity contribution in [3.05, 3.63) is 71.8 Å². The van der Waals surface area contributed by atoms with Crippen LogP contribution in [0.25, 0.3) is 0 Å². The fourth-order valence-corrected chi connectivity index (χ4v) is 3.18. The van der Waals surface area contributed by atoms with Gasteiger partial charge in [-0.2, -0.15) is 0 Å². The molecule has 0 aliphatic carbocycles. The number of aliphatic hydroxyl groups excluding tert-OH is 2. The van der Waals surface area contributed by atoms with Crippen LogP contribution < -0.4 is 0 Å². The van der Waals surface area contributed by atoms with Crippen molar-refractivity contribution in [2.45, 2.75) is 31.8 Å². The van der Waals surface area contributed by atoms with E-state index in [-0.39, 0.29) is 13.2 Å². The van der Waals surface area contributed by atoms with E-state index in [9.17, 15) is 14.8 Å². The molecule has 0 unspecified atom stereocenters. The molecule has 2 atom stereocenters. The van der Waals surface area contributed by atoms with E-state index in [0.29, 0.717) is 0 Å². The zero-order chi connectivity index (χ0) is 19.8. The molecule has 27 heavy (non-hydrogen) atoms. The van der Waals surface area contributed by atoms with Crippen LogP contribution in [-0.4, -0.2) is 40.2 Å². The second-order valence-electron chi connectivity index (χ2n) is 6.29. The Balaban J connectivity index is 2.03. The zero-order valence-electron chi connectivity index (χ0n) is 15.1. The van der Waals surface area contributed by atoms with Crippen molar-refractivity contribution in [1.29, 1.82) is 0 Å². The van der Waals surface area contributed by atoms with E-state index in [1.165, 1.54) is 6.92 Å². The summed E-state index contributed by atoms with van der Waals surface area (Å²) in [5, 5.41) is 28.9. The molecular weight excluding hydrogens is 371 g/mol. The maximum atomic E-state index is 13.0. The van der Waals surface area contributed by atoms with Crippen LogP contribution in [0.4, 0.5) is 0 Å². The lowest BCUT2D eigenvalue weighted by molar-refractivity contribution is -0.108. The predicted molar refractivity (Wildman–Crippen MR) is 99.7 cm³/mol. The Bertz CT molecular complexity index is 674. The molecule has 0 saturated carbocycles. The van der Waals surface area contributed by atoms with Crippen molar-refractivity contribution in [2.75, 3.05) is 13.2 Å². The van der Waals surface area contributed by atoms with Crippen LogP contribution in [0.15, 0.2) is 60.7 Å². The van der Waals surface area contributed by atoms with E-state index >= 15 is 0 Å². The summed E-state index contributed by atoms with van der Waals surface area (Å²) in [7, 11) is -4.04. The summed E-state index contributed by atoms with van der Waals surface area (Å²) in [5.41, 5.74) is -0.260. The number of hydrogen-bond acceptors (Lipinski definition) is 7. The molecule has 0 heterocycles. The highest BCUT2D eigenvalue weighted by Gasteiger charge is 2.34. The third-order valence-electron chi connectivity index (χ3n) is 3.89. The normalized spacial score (nSPS) is 15.3. The molecule has 0 saturated heterocycles. The lowest BCUT2D eigenvalue weighted by Crippen LogP contribution is -2.45. The summed E-state index contributed by atoms with van der Waals surface area (Å²) in [6.45, 7) is -0.00755. The zero-order valence-corrected chi connectivity index (χ0v) is 16.0. The first-order chi connectivity index (χ1) is 12.8. The Labute approximate surface area is 158 Å². The number of aliphatic hydroxyl groups is 3. The Kier molecular flexibility index (Phi) is 8.13. The summed E-state index contributed by atoms with van der Waals surface area (Å²) < 4.78 is 29.0. The summed E-state index contributed by atoms with van der Waals surface area (Å²) >= 11 is 0. The molecule has 2 rings (SSSR count). The van der Waals surface area contributed by atoms with E-state index in [1.807, 2.05) is 36.4 Å². The van der Waals surface area contributed by atoms with Crippen molar-refractivity contribution < 1.29 is 33.5 Å². The molecular formula is C19H25O7P. The summed E-state index contributed by atoms with van der Waals surface area (Å²) in [4.78, 5) is 0. The van der Waals surface area contributed by atoms with Crippen LogP contribution in [0.2, 0.25) is 0 Å². The van der Waals surface area contributed by atoms with E-state index in [4.69, 9.17) is 18.7 Å². The van der Waals surface area contributed by atoms with Crippen LogP contribution in [0.1, 0.15) is 18.1 Å². The SMILES string of the molecule is C[C@](O)(CO)[C@H](O)COP(=O)(OCc1ccccc1)OCc1ccccc1. The van der Waals surface area contributed by atoms with Gasteiger partial charge in [-0.1, -0.05) is 60.7 Å². The molecule has 0 amide bonds. The van der Waals surface area contributed by atoms with Gasteiger partial charge in [-0.25, -0.2) is 4.57 Å². The van der Waals surface area contributed by atoms with Crippen molar-refractivity contribution in [1.82, 2.24) is 0 Å². The first-order valence-electron chi connectivity index (χ1n) is 8.47. The first-order valence-corrected chi connectivity index (χ1v) is 9.93. The number of hydrogen-bond donors (Lipinski definition) is 3. The second kappa shape index (κ2) is 10.1. The van der Waals surface area contributed by atoms with Crippen molar-refractivity contribution >= 4 is 7.82 Å². The average Bonchev–Trinajstić information content (AvgIpc) is 2.70. The third kappa shape index (κ3) is 7.16. The predicted octanol–water partition coefficient (Wildman–Crippen LogP) is 2.65. The number of phosphoric acid groups is 1. The monoisotopic (exact) mass is 396 g/mol. The smallest absolute Gasteiger partial charge is 0.393 e.